The molecule has 0 bridgehead atoms. The average Bonchev–Trinajstić information content (AvgIpc) is 2.59. The van der Waals surface area contributed by atoms with Crippen LogP contribution in [-0.2, 0) is 4.79 Å². The van der Waals surface area contributed by atoms with Gasteiger partial charge >= 0.3 is 0 Å². The molecule has 0 fully saturated rings. The van der Waals surface area contributed by atoms with Crippen LogP contribution in [0.4, 0.5) is 5.69 Å². The Bertz CT molecular complexity index is 481. The topological polar surface area (TPSA) is 67.5 Å². The first-order valence-corrected chi connectivity index (χ1v) is 5.93. The molecular formula is C10H10N3OPS. The summed E-state index contributed by atoms with van der Waals surface area (Å²) in [6.07, 6.45) is 1.78. The normalized spacial score (nSPS) is 17.7. The summed E-state index contributed by atoms with van der Waals surface area (Å²) in [5.41, 5.74) is 7.40. The molecule has 1 amide bonds. The van der Waals surface area contributed by atoms with Gasteiger partial charge in [0.05, 0.1) is 4.91 Å². The number of carbonyl (C=O) groups is 1. The predicted octanol–water partition coefficient (Wildman–Crippen LogP) is 1.82. The van der Waals surface area contributed by atoms with Crippen molar-refractivity contribution < 1.29 is 4.79 Å². The summed E-state index contributed by atoms with van der Waals surface area (Å²) in [5.74, 6) is -0.268. The van der Waals surface area contributed by atoms with Gasteiger partial charge in [-0.1, -0.05) is 12.1 Å². The molecule has 1 aromatic carbocycles. The van der Waals surface area contributed by atoms with Crippen molar-refractivity contribution in [2.24, 2.45) is 10.7 Å². The number of amidine groups is 1. The Kier molecular flexibility index (Phi) is 3.27. The largest absolute Gasteiger partial charge is 0.378 e. The number of rotatable bonds is 2. The molecule has 0 saturated carbocycles. The van der Waals surface area contributed by atoms with Crippen LogP contribution in [0.2, 0.25) is 0 Å². The number of hydrogen-bond acceptors (Lipinski definition) is 4. The molecule has 0 saturated heterocycles. The molecule has 3 N–H and O–H groups in total. The highest BCUT2D eigenvalue weighted by Crippen LogP contribution is 2.26. The van der Waals surface area contributed by atoms with Crippen molar-refractivity contribution in [1.29, 1.82) is 0 Å². The predicted molar refractivity (Wildman–Crippen MR) is 72.0 cm³/mol. The van der Waals surface area contributed by atoms with Gasteiger partial charge in [-0.2, -0.15) is 4.99 Å². The first kappa shape index (κ1) is 11.2. The quantitative estimate of drug-likeness (QED) is 0.621. The van der Waals surface area contributed by atoms with E-state index in [4.69, 9.17) is 5.73 Å². The lowest BCUT2D eigenvalue weighted by molar-refractivity contribution is -0.113. The maximum absolute atomic E-state index is 11.3. The lowest BCUT2D eigenvalue weighted by Crippen LogP contribution is -2.01. The Morgan fingerprint density at radius 3 is 2.56 bits per heavy atom. The van der Waals surface area contributed by atoms with Crippen LogP contribution in [-0.4, -0.2) is 11.1 Å². The van der Waals surface area contributed by atoms with Crippen molar-refractivity contribution in [3.05, 3.63) is 34.7 Å². The van der Waals surface area contributed by atoms with Gasteiger partial charge in [-0.15, -0.1) is 0 Å². The third-order valence-electron chi connectivity index (χ3n) is 2.01. The summed E-state index contributed by atoms with van der Waals surface area (Å²) in [6, 6.07) is 7.69. The van der Waals surface area contributed by atoms with E-state index in [0.29, 0.717) is 10.1 Å². The third kappa shape index (κ3) is 2.43. The van der Waals surface area contributed by atoms with Crippen LogP contribution in [0.5, 0.6) is 0 Å². The minimum absolute atomic E-state index is 0.268. The van der Waals surface area contributed by atoms with Gasteiger partial charge in [0, 0.05) is 5.69 Å². The highest BCUT2D eigenvalue weighted by Gasteiger charge is 2.19. The number of benzene rings is 1. The Morgan fingerprint density at radius 1 is 1.38 bits per heavy atom. The Morgan fingerprint density at radius 2 is 2.06 bits per heavy atom. The highest BCUT2D eigenvalue weighted by molar-refractivity contribution is 8.18. The molecule has 6 heteroatoms. The molecule has 2 rings (SSSR count). The van der Waals surface area contributed by atoms with E-state index >= 15 is 0 Å². The molecule has 16 heavy (non-hydrogen) atoms. The maximum Gasteiger partial charge on any atom is 0.286 e. The van der Waals surface area contributed by atoms with Crippen LogP contribution in [0, 0.1) is 0 Å². The number of anilines is 1. The standard InChI is InChI=1S/C10H10N3OPS/c11-10-12-9(14)8(16-10)5-6-1-3-7(13-15)4-2-6/h1-5,13H,15H2,(H2,11,12,14)/b8-5+. The van der Waals surface area contributed by atoms with Gasteiger partial charge in [0.25, 0.3) is 5.91 Å². The summed E-state index contributed by atoms with van der Waals surface area (Å²) < 4.78 is 0. The van der Waals surface area contributed by atoms with Crippen molar-refractivity contribution in [3.63, 3.8) is 0 Å². The molecule has 0 aromatic heterocycles. The second-order valence-corrected chi connectivity index (χ2v) is 4.48. The van der Waals surface area contributed by atoms with Crippen molar-refractivity contribution >= 4 is 44.0 Å². The van der Waals surface area contributed by atoms with E-state index in [1.165, 1.54) is 11.8 Å². The molecule has 0 spiro atoms. The summed E-state index contributed by atoms with van der Waals surface area (Å²) in [6.45, 7) is 0. The number of nitrogens with one attached hydrogen (secondary N) is 1. The summed E-state index contributed by atoms with van der Waals surface area (Å²) in [4.78, 5) is 15.5. The van der Waals surface area contributed by atoms with Crippen LogP contribution in [0.15, 0.2) is 34.2 Å². The molecular weight excluding hydrogens is 241 g/mol. The summed E-state index contributed by atoms with van der Waals surface area (Å²) in [5, 5.41) is 3.25. The fourth-order valence-corrected chi connectivity index (χ4v) is 2.13. The van der Waals surface area contributed by atoms with Crippen molar-refractivity contribution in [2.75, 3.05) is 5.09 Å². The third-order valence-corrected chi connectivity index (χ3v) is 3.16. The number of nitrogens with two attached hydrogens (primary N) is 1. The summed E-state index contributed by atoms with van der Waals surface area (Å²) in [7, 11) is 2.42. The smallest absolute Gasteiger partial charge is 0.286 e. The first-order valence-electron chi connectivity index (χ1n) is 4.54. The minimum atomic E-state index is -0.268. The maximum atomic E-state index is 11.3. The number of amides is 1. The van der Waals surface area contributed by atoms with E-state index < -0.39 is 0 Å². The van der Waals surface area contributed by atoms with Gasteiger partial charge < -0.3 is 10.8 Å². The second-order valence-electron chi connectivity index (χ2n) is 3.13. The monoisotopic (exact) mass is 251 g/mol. The van der Waals surface area contributed by atoms with Gasteiger partial charge in [-0.25, -0.2) is 0 Å². The lowest BCUT2D eigenvalue weighted by Gasteiger charge is -2.00. The summed E-state index contributed by atoms with van der Waals surface area (Å²) >= 11 is 1.20. The molecule has 1 unspecified atom stereocenters. The zero-order valence-electron chi connectivity index (χ0n) is 8.31. The molecule has 4 nitrogen and oxygen atoms in total. The second kappa shape index (κ2) is 4.68. The van der Waals surface area contributed by atoms with Crippen LogP contribution in [0.25, 0.3) is 6.08 Å². The van der Waals surface area contributed by atoms with Crippen LogP contribution in [0.3, 0.4) is 0 Å². The number of thioether (sulfide) groups is 1. The first-order chi connectivity index (χ1) is 7.69. The number of carbonyl (C=O) groups excluding carboxylic acids is 1. The Labute approximate surface area is 99.7 Å². The van der Waals surface area contributed by atoms with Crippen LogP contribution < -0.4 is 10.8 Å². The SMILES string of the molecule is NC1=NC(=O)/C(=C\c2ccc(NP)cc2)S1. The van der Waals surface area contributed by atoms with E-state index in [1.54, 1.807) is 6.08 Å². The Hall–Kier alpha value is -1.32. The molecule has 1 aliphatic heterocycles. The zero-order valence-corrected chi connectivity index (χ0v) is 10.3. The van der Waals surface area contributed by atoms with Gasteiger partial charge in [-0.3, -0.25) is 4.79 Å². The molecule has 1 heterocycles. The molecule has 1 atom stereocenters. The minimum Gasteiger partial charge on any atom is -0.378 e. The van der Waals surface area contributed by atoms with Gasteiger partial charge in [0.1, 0.15) is 0 Å². The van der Waals surface area contributed by atoms with E-state index in [-0.39, 0.29) is 5.91 Å². The fourth-order valence-electron chi connectivity index (χ4n) is 1.25. The molecule has 0 radical (unpaired) electrons. The average molecular weight is 251 g/mol. The van der Waals surface area contributed by atoms with Gasteiger partial charge in [0.15, 0.2) is 5.17 Å². The van der Waals surface area contributed by atoms with Crippen molar-refractivity contribution in [3.8, 4) is 0 Å². The van der Waals surface area contributed by atoms with Crippen LogP contribution >= 0.6 is 21.2 Å². The number of aliphatic imine (C=N–C) groups is 1. The van der Waals surface area contributed by atoms with Gasteiger partial charge in [0.2, 0.25) is 0 Å². The molecule has 0 aliphatic carbocycles. The van der Waals surface area contributed by atoms with E-state index in [0.717, 1.165) is 11.3 Å². The molecule has 1 aromatic rings. The van der Waals surface area contributed by atoms with Crippen molar-refractivity contribution in [2.45, 2.75) is 0 Å². The number of hydrogen-bond donors (Lipinski definition) is 2. The molecule has 1 aliphatic rings. The van der Waals surface area contributed by atoms with Gasteiger partial charge in [-0.05, 0) is 44.9 Å². The van der Waals surface area contributed by atoms with Crippen LogP contribution in [0.1, 0.15) is 5.56 Å². The Balaban J connectivity index is 2.21. The van der Waals surface area contributed by atoms with E-state index in [9.17, 15) is 4.79 Å². The van der Waals surface area contributed by atoms with Crippen molar-refractivity contribution in [1.82, 2.24) is 0 Å². The van der Waals surface area contributed by atoms with E-state index in [2.05, 4.69) is 19.5 Å². The molecule has 82 valence electrons. The zero-order chi connectivity index (χ0) is 11.5. The highest BCUT2D eigenvalue weighted by atomic mass is 32.2. The lowest BCUT2D eigenvalue weighted by atomic mass is 10.2. The number of nitrogens with zero attached hydrogens (tertiary/aromatic N) is 1. The van der Waals surface area contributed by atoms with E-state index in [1.807, 2.05) is 24.3 Å². The fraction of sp³-hybridized carbons (Fsp3) is 0.